The van der Waals surface area contributed by atoms with Crippen LogP contribution in [0.4, 0.5) is 4.39 Å². The Morgan fingerprint density at radius 3 is 2.62 bits per heavy atom. The first-order chi connectivity index (χ1) is 6.16. The Morgan fingerprint density at radius 2 is 2.08 bits per heavy atom. The molecule has 1 saturated carbocycles. The highest BCUT2D eigenvalue weighted by molar-refractivity contribution is 4.87. The Bertz CT molecular complexity index is 144. The molecule has 2 N–H and O–H groups in total. The lowest BCUT2D eigenvalue weighted by molar-refractivity contribution is -0.0104. The molecular weight excluding hydrogens is 169 g/mol. The minimum Gasteiger partial charge on any atom is -0.378 e. The minimum absolute atomic E-state index is 0.204. The molecular formula is C10H20FNO. The summed E-state index contributed by atoms with van der Waals surface area (Å²) in [5, 5.41) is 0. The van der Waals surface area contributed by atoms with Gasteiger partial charge in [-0.2, -0.15) is 0 Å². The maximum absolute atomic E-state index is 13.9. The molecule has 1 aliphatic carbocycles. The van der Waals surface area contributed by atoms with Crippen LogP contribution in [-0.4, -0.2) is 24.9 Å². The molecule has 0 amide bonds. The van der Waals surface area contributed by atoms with E-state index in [-0.39, 0.29) is 12.6 Å². The number of rotatable bonds is 4. The second-order valence-electron chi connectivity index (χ2n) is 4.04. The molecule has 0 aromatic rings. The van der Waals surface area contributed by atoms with Crippen molar-refractivity contribution in [2.45, 2.75) is 50.7 Å². The van der Waals surface area contributed by atoms with Gasteiger partial charge >= 0.3 is 0 Å². The van der Waals surface area contributed by atoms with Gasteiger partial charge in [-0.3, -0.25) is 0 Å². The van der Waals surface area contributed by atoms with E-state index in [0.29, 0.717) is 19.4 Å². The van der Waals surface area contributed by atoms with Gasteiger partial charge in [-0.25, -0.2) is 4.39 Å². The van der Waals surface area contributed by atoms with Crippen LogP contribution < -0.4 is 5.73 Å². The first-order valence-corrected chi connectivity index (χ1v) is 5.18. The van der Waals surface area contributed by atoms with Crippen LogP contribution in [0.25, 0.3) is 0 Å². The Kier molecular flexibility index (Phi) is 4.13. The molecule has 1 fully saturated rings. The van der Waals surface area contributed by atoms with E-state index >= 15 is 0 Å². The van der Waals surface area contributed by atoms with E-state index in [1.807, 2.05) is 6.92 Å². The Morgan fingerprint density at radius 1 is 1.46 bits per heavy atom. The largest absolute Gasteiger partial charge is 0.378 e. The fourth-order valence-corrected chi connectivity index (χ4v) is 1.70. The molecule has 0 aromatic heterocycles. The van der Waals surface area contributed by atoms with Gasteiger partial charge in [0.15, 0.2) is 0 Å². The van der Waals surface area contributed by atoms with Crippen molar-refractivity contribution in [2.75, 3.05) is 13.2 Å². The highest BCUT2D eigenvalue weighted by Crippen LogP contribution is 2.31. The fraction of sp³-hybridized carbons (Fsp3) is 1.00. The Balaban J connectivity index is 2.22. The van der Waals surface area contributed by atoms with E-state index in [9.17, 15) is 4.39 Å². The summed E-state index contributed by atoms with van der Waals surface area (Å²) in [6.45, 7) is 2.95. The van der Waals surface area contributed by atoms with E-state index in [0.717, 1.165) is 19.3 Å². The maximum Gasteiger partial charge on any atom is 0.134 e. The standard InChI is InChI=1S/C10H20FNO/c1-2-7-13-8-10(11)5-3-9(12)4-6-10/h9H,2-8,12H2,1H3. The number of hydrogen-bond donors (Lipinski definition) is 1. The van der Waals surface area contributed by atoms with Crippen molar-refractivity contribution >= 4 is 0 Å². The van der Waals surface area contributed by atoms with Crippen molar-refractivity contribution in [1.82, 2.24) is 0 Å². The molecule has 0 bridgehead atoms. The van der Waals surface area contributed by atoms with Crippen LogP contribution in [0.1, 0.15) is 39.0 Å². The molecule has 0 spiro atoms. The van der Waals surface area contributed by atoms with Gasteiger partial charge in [0, 0.05) is 12.6 Å². The second kappa shape index (κ2) is 4.91. The molecule has 0 radical (unpaired) electrons. The van der Waals surface area contributed by atoms with Crippen LogP contribution in [0.2, 0.25) is 0 Å². The van der Waals surface area contributed by atoms with E-state index in [1.54, 1.807) is 0 Å². The monoisotopic (exact) mass is 189 g/mol. The molecule has 0 aromatic carbocycles. The van der Waals surface area contributed by atoms with Crippen LogP contribution in [0.5, 0.6) is 0 Å². The van der Waals surface area contributed by atoms with Crippen LogP contribution in [-0.2, 0) is 4.74 Å². The van der Waals surface area contributed by atoms with Gasteiger partial charge in [0.25, 0.3) is 0 Å². The van der Waals surface area contributed by atoms with Crippen molar-refractivity contribution in [3.63, 3.8) is 0 Å². The second-order valence-corrected chi connectivity index (χ2v) is 4.04. The molecule has 0 unspecified atom stereocenters. The van der Waals surface area contributed by atoms with E-state index < -0.39 is 5.67 Å². The summed E-state index contributed by atoms with van der Waals surface area (Å²) in [5.74, 6) is 0. The number of nitrogens with two attached hydrogens (primary N) is 1. The Labute approximate surface area is 79.6 Å². The zero-order chi connectivity index (χ0) is 9.73. The fourth-order valence-electron chi connectivity index (χ4n) is 1.70. The van der Waals surface area contributed by atoms with Crippen LogP contribution >= 0.6 is 0 Å². The third-order valence-electron chi connectivity index (χ3n) is 2.64. The van der Waals surface area contributed by atoms with Crippen LogP contribution in [0, 0.1) is 0 Å². The molecule has 0 heterocycles. The number of halogens is 1. The van der Waals surface area contributed by atoms with E-state index in [4.69, 9.17) is 10.5 Å². The summed E-state index contributed by atoms with van der Waals surface area (Å²) in [5.41, 5.74) is 4.61. The number of hydrogen-bond acceptors (Lipinski definition) is 2. The maximum atomic E-state index is 13.9. The summed E-state index contributed by atoms with van der Waals surface area (Å²) >= 11 is 0. The number of ether oxygens (including phenoxy) is 1. The molecule has 13 heavy (non-hydrogen) atoms. The molecule has 3 heteroatoms. The smallest absolute Gasteiger partial charge is 0.134 e. The molecule has 78 valence electrons. The first-order valence-electron chi connectivity index (χ1n) is 5.18. The zero-order valence-electron chi connectivity index (χ0n) is 8.39. The van der Waals surface area contributed by atoms with Crippen LogP contribution in [0.3, 0.4) is 0 Å². The van der Waals surface area contributed by atoms with Crippen molar-refractivity contribution in [3.8, 4) is 0 Å². The van der Waals surface area contributed by atoms with Crippen LogP contribution in [0.15, 0.2) is 0 Å². The molecule has 0 atom stereocenters. The minimum atomic E-state index is -1.09. The molecule has 1 rings (SSSR count). The normalized spacial score (nSPS) is 34.8. The van der Waals surface area contributed by atoms with Gasteiger partial charge in [-0.05, 0) is 32.1 Å². The molecule has 1 aliphatic rings. The summed E-state index contributed by atoms with van der Waals surface area (Å²) in [7, 11) is 0. The summed E-state index contributed by atoms with van der Waals surface area (Å²) in [6, 6.07) is 0.204. The predicted molar refractivity (Wildman–Crippen MR) is 51.4 cm³/mol. The lowest BCUT2D eigenvalue weighted by atomic mass is 9.84. The average Bonchev–Trinajstić information content (AvgIpc) is 2.12. The van der Waals surface area contributed by atoms with Gasteiger partial charge in [0.1, 0.15) is 5.67 Å². The third-order valence-corrected chi connectivity index (χ3v) is 2.64. The zero-order valence-corrected chi connectivity index (χ0v) is 8.39. The van der Waals surface area contributed by atoms with Gasteiger partial charge in [0.05, 0.1) is 6.61 Å². The highest BCUT2D eigenvalue weighted by atomic mass is 19.1. The summed E-state index contributed by atoms with van der Waals surface area (Å²) in [6.07, 6.45) is 3.68. The molecule has 2 nitrogen and oxygen atoms in total. The molecule has 0 saturated heterocycles. The summed E-state index contributed by atoms with van der Waals surface area (Å²) < 4.78 is 19.1. The summed E-state index contributed by atoms with van der Waals surface area (Å²) in [4.78, 5) is 0. The lowest BCUT2D eigenvalue weighted by Crippen LogP contribution is -2.39. The first kappa shape index (κ1) is 10.9. The SMILES string of the molecule is CCCOCC1(F)CCC(N)CC1. The topological polar surface area (TPSA) is 35.2 Å². The van der Waals surface area contributed by atoms with Crippen molar-refractivity contribution < 1.29 is 9.13 Å². The number of alkyl halides is 1. The lowest BCUT2D eigenvalue weighted by Gasteiger charge is -2.32. The predicted octanol–water partition coefficient (Wildman–Crippen LogP) is 2.02. The van der Waals surface area contributed by atoms with Gasteiger partial charge in [0.2, 0.25) is 0 Å². The third kappa shape index (κ3) is 3.61. The average molecular weight is 189 g/mol. The van der Waals surface area contributed by atoms with Gasteiger partial charge in [-0.1, -0.05) is 6.92 Å². The highest BCUT2D eigenvalue weighted by Gasteiger charge is 2.34. The van der Waals surface area contributed by atoms with Gasteiger partial charge in [-0.15, -0.1) is 0 Å². The van der Waals surface area contributed by atoms with Gasteiger partial charge < -0.3 is 10.5 Å². The Hall–Kier alpha value is -0.150. The van der Waals surface area contributed by atoms with Crippen molar-refractivity contribution in [3.05, 3.63) is 0 Å². The van der Waals surface area contributed by atoms with E-state index in [1.165, 1.54) is 0 Å². The quantitative estimate of drug-likeness (QED) is 0.687. The van der Waals surface area contributed by atoms with Crippen molar-refractivity contribution in [2.24, 2.45) is 5.73 Å². The van der Waals surface area contributed by atoms with E-state index in [2.05, 4.69) is 0 Å². The van der Waals surface area contributed by atoms with Crippen molar-refractivity contribution in [1.29, 1.82) is 0 Å². The molecule has 0 aliphatic heterocycles.